The molecule has 0 radical (unpaired) electrons. The van der Waals surface area contributed by atoms with Gasteiger partial charge in [0, 0.05) is 17.6 Å². The lowest BCUT2D eigenvalue weighted by atomic mass is 10.1. The molecule has 2 N–H and O–H groups in total. The summed E-state index contributed by atoms with van der Waals surface area (Å²) in [7, 11) is 0. The van der Waals surface area contributed by atoms with E-state index in [9.17, 15) is 5.11 Å². The van der Waals surface area contributed by atoms with E-state index >= 15 is 0 Å². The molecular weight excluding hydrogens is 210 g/mol. The van der Waals surface area contributed by atoms with Gasteiger partial charge in [0.1, 0.15) is 0 Å². The summed E-state index contributed by atoms with van der Waals surface area (Å²) in [5.74, 6) is 0. The SMILES string of the molecule is CCC(O)CN[C@@H](C)c1cccc(Cl)c1. The maximum atomic E-state index is 9.42. The van der Waals surface area contributed by atoms with E-state index in [2.05, 4.69) is 12.2 Å². The van der Waals surface area contributed by atoms with Crippen LogP contribution in [0.5, 0.6) is 0 Å². The quantitative estimate of drug-likeness (QED) is 0.811. The second-order valence-electron chi connectivity index (χ2n) is 3.75. The largest absolute Gasteiger partial charge is 0.392 e. The molecule has 0 aliphatic heterocycles. The zero-order chi connectivity index (χ0) is 11.3. The lowest BCUT2D eigenvalue weighted by Crippen LogP contribution is -2.28. The molecule has 0 aliphatic carbocycles. The first-order valence-corrected chi connectivity index (χ1v) is 5.68. The van der Waals surface area contributed by atoms with Crippen molar-refractivity contribution in [3.05, 3.63) is 34.9 Å². The zero-order valence-corrected chi connectivity index (χ0v) is 9.96. The lowest BCUT2D eigenvalue weighted by Gasteiger charge is -2.16. The first-order valence-electron chi connectivity index (χ1n) is 5.30. The Morgan fingerprint density at radius 1 is 1.47 bits per heavy atom. The molecule has 1 unspecified atom stereocenters. The Balaban J connectivity index is 2.50. The van der Waals surface area contributed by atoms with E-state index in [0.29, 0.717) is 6.54 Å². The Bertz CT molecular complexity index is 303. The molecule has 2 atom stereocenters. The van der Waals surface area contributed by atoms with Crippen LogP contribution in [-0.4, -0.2) is 17.8 Å². The first-order chi connectivity index (χ1) is 7.13. The fraction of sp³-hybridized carbons (Fsp3) is 0.500. The molecule has 15 heavy (non-hydrogen) atoms. The maximum Gasteiger partial charge on any atom is 0.0662 e. The Labute approximate surface area is 96.3 Å². The highest BCUT2D eigenvalue weighted by Crippen LogP contribution is 2.17. The van der Waals surface area contributed by atoms with Crippen LogP contribution >= 0.6 is 11.6 Å². The van der Waals surface area contributed by atoms with Gasteiger partial charge in [0.25, 0.3) is 0 Å². The third-order valence-corrected chi connectivity index (χ3v) is 2.71. The minimum Gasteiger partial charge on any atom is -0.392 e. The molecule has 0 spiro atoms. The Kier molecular flexibility index (Phi) is 5.09. The molecule has 1 aromatic rings. The van der Waals surface area contributed by atoms with Gasteiger partial charge >= 0.3 is 0 Å². The van der Waals surface area contributed by atoms with E-state index in [1.165, 1.54) is 0 Å². The summed E-state index contributed by atoms with van der Waals surface area (Å²) in [6, 6.07) is 7.98. The maximum absolute atomic E-state index is 9.42. The Hall–Kier alpha value is -0.570. The molecule has 84 valence electrons. The van der Waals surface area contributed by atoms with Crippen LogP contribution in [0.15, 0.2) is 24.3 Å². The second kappa shape index (κ2) is 6.11. The van der Waals surface area contributed by atoms with Crippen molar-refractivity contribution in [1.82, 2.24) is 5.32 Å². The molecule has 1 rings (SSSR count). The number of halogens is 1. The van der Waals surface area contributed by atoms with E-state index in [0.717, 1.165) is 17.0 Å². The standard InChI is InChI=1S/C12H18ClNO/c1-3-12(15)8-14-9(2)10-5-4-6-11(13)7-10/h4-7,9,12,14-15H,3,8H2,1-2H3/t9-,12?/m0/s1. The second-order valence-corrected chi connectivity index (χ2v) is 4.18. The molecule has 0 saturated carbocycles. The van der Waals surface area contributed by atoms with Gasteiger partial charge in [0.15, 0.2) is 0 Å². The number of aliphatic hydroxyl groups is 1. The number of hydrogen-bond acceptors (Lipinski definition) is 2. The number of rotatable bonds is 5. The fourth-order valence-corrected chi connectivity index (χ4v) is 1.55. The molecule has 0 aromatic heterocycles. The average Bonchev–Trinajstić information content (AvgIpc) is 2.25. The average molecular weight is 228 g/mol. The summed E-state index contributed by atoms with van der Waals surface area (Å²) >= 11 is 5.90. The molecule has 0 fully saturated rings. The van der Waals surface area contributed by atoms with Crippen LogP contribution in [-0.2, 0) is 0 Å². The first kappa shape index (κ1) is 12.5. The molecule has 0 saturated heterocycles. The summed E-state index contributed by atoms with van der Waals surface area (Å²) in [4.78, 5) is 0. The highest BCUT2D eigenvalue weighted by atomic mass is 35.5. The molecule has 0 bridgehead atoms. The molecule has 0 heterocycles. The summed E-state index contributed by atoms with van der Waals surface area (Å²) in [5, 5.41) is 13.4. The van der Waals surface area contributed by atoms with Gasteiger partial charge in [0.05, 0.1) is 6.10 Å². The van der Waals surface area contributed by atoms with Crippen molar-refractivity contribution in [2.24, 2.45) is 0 Å². The molecule has 0 amide bonds. The molecular formula is C12H18ClNO. The Morgan fingerprint density at radius 3 is 2.80 bits per heavy atom. The van der Waals surface area contributed by atoms with Crippen LogP contribution in [0.4, 0.5) is 0 Å². The predicted octanol–water partition coefficient (Wildman–Crippen LogP) is 2.76. The van der Waals surface area contributed by atoms with Crippen LogP contribution < -0.4 is 5.32 Å². The summed E-state index contributed by atoms with van der Waals surface area (Å²) < 4.78 is 0. The molecule has 2 nitrogen and oxygen atoms in total. The van der Waals surface area contributed by atoms with Gasteiger partial charge in [-0.15, -0.1) is 0 Å². The highest BCUT2D eigenvalue weighted by Gasteiger charge is 2.07. The minimum absolute atomic E-state index is 0.213. The van der Waals surface area contributed by atoms with Gasteiger partial charge in [0.2, 0.25) is 0 Å². The van der Waals surface area contributed by atoms with Crippen LogP contribution in [0.1, 0.15) is 31.9 Å². The minimum atomic E-state index is -0.272. The van der Waals surface area contributed by atoms with Crippen molar-refractivity contribution in [3.63, 3.8) is 0 Å². The smallest absolute Gasteiger partial charge is 0.0662 e. The van der Waals surface area contributed by atoms with Gasteiger partial charge in [-0.2, -0.15) is 0 Å². The summed E-state index contributed by atoms with van der Waals surface area (Å²) in [6.07, 6.45) is 0.501. The van der Waals surface area contributed by atoms with Crippen LogP contribution in [0, 0.1) is 0 Å². The summed E-state index contributed by atoms with van der Waals surface area (Å²) in [6.45, 7) is 4.65. The number of aliphatic hydroxyl groups excluding tert-OH is 1. The van der Waals surface area contributed by atoms with Gasteiger partial charge < -0.3 is 10.4 Å². The predicted molar refractivity (Wildman–Crippen MR) is 64.2 cm³/mol. The van der Waals surface area contributed by atoms with Gasteiger partial charge in [-0.3, -0.25) is 0 Å². The Morgan fingerprint density at radius 2 is 2.20 bits per heavy atom. The van der Waals surface area contributed by atoms with Gasteiger partial charge in [-0.25, -0.2) is 0 Å². The molecule has 3 heteroatoms. The number of benzene rings is 1. The molecule has 0 aliphatic rings. The van der Waals surface area contributed by atoms with E-state index in [4.69, 9.17) is 11.6 Å². The fourth-order valence-electron chi connectivity index (χ4n) is 1.35. The van der Waals surface area contributed by atoms with Crippen molar-refractivity contribution < 1.29 is 5.11 Å². The van der Waals surface area contributed by atoms with E-state index < -0.39 is 0 Å². The highest BCUT2D eigenvalue weighted by molar-refractivity contribution is 6.30. The molecule has 1 aromatic carbocycles. The van der Waals surface area contributed by atoms with Crippen LogP contribution in [0.2, 0.25) is 5.02 Å². The number of hydrogen-bond donors (Lipinski definition) is 2. The normalized spacial score (nSPS) is 14.9. The van der Waals surface area contributed by atoms with Crippen molar-refractivity contribution in [1.29, 1.82) is 0 Å². The van der Waals surface area contributed by atoms with Gasteiger partial charge in [-0.05, 0) is 31.0 Å². The number of nitrogens with one attached hydrogen (secondary N) is 1. The van der Waals surface area contributed by atoms with Gasteiger partial charge in [-0.1, -0.05) is 30.7 Å². The van der Waals surface area contributed by atoms with Crippen LogP contribution in [0.3, 0.4) is 0 Å². The summed E-state index contributed by atoms with van der Waals surface area (Å²) in [5.41, 5.74) is 1.14. The van der Waals surface area contributed by atoms with Crippen molar-refractivity contribution in [3.8, 4) is 0 Å². The zero-order valence-electron chi connectivity index (χ0n) is 9.20. The van der Waals surface area contributed by atoms with E-state index in [1.807, 2.05) is 31.2 Å². The third kappa shape index (κ3) is 4.20. The third-order valence-electron chi connectivity index (χ3n) is 2.48. The lowest BCUT2D eigenvalue weighted by molar-refractivity contribution is 0.164. The van der Waals surface area contributed by atoms with Crippen molar-refractivity contribution in [2.45, 2.75) is 32.4 Å². The van der Waals surface area contributed by atoms with Crippen molar-refractivity contribution in [2.75, 3.05) is 6.54 Å². The van der Waals surface area contributed by atoms with Crippen LogP contribution in [0.25, 0.3) is 0 Å². The van der Waals surface area contributed by atoms with Crippen molar-refractivity contribution >= 4 is 11.6 Å². The van der Waals surface area contributed by atoms with E-state index in [-0.39, 0.29) is 12.1 Å². The van der Waals surface area contributed by atoms with E-state index in [1.54, 1.807) is 0 Å². The topological polar surface area (TPSA) is 32.3 Å². The monoisotopic (exact) mass is 227 g/mol.